The molecule has 0 aromatic carbocycles. The van der Waals surface area contributed by atoms with Gasteiger partial charge in [-0.2, -0.15) is 0 Å². The van der Waals surface area contributed by atoms with Crippen molar-refractivity contribution >= 4 is 5.97 Å². The number of ether oxygens (including phenoxy) is 1. The molecular weight excluding hydrogens is 320 g/mol. The lowest BCUT2D eigenvalue weighted by Gasteiger charge is -2.18. The molecule has 1 aliphatic carbocycles. The number of unbranched alkanes of at least 4 members (excludes halogenated alkanes) is 1. The summed E-state index contributed by atoms with van der Waals surface area (Å²) in [4.78, 5) is 10.5. The Balaban J connectivity index is 1.78. The number of hydrogen-bond acceptors (Lipinski definition) is 4. The van der Waals surface area contributed by atoms with E-state index < -0.39 is 18.2 Å². The Hall–Kier alpha value is -1.35. The third kappa shape index (κ3) is 6.14. The number of rotatable bonds is 9. The first-order chi connectivity index (χ1) is 12.0. The summed E-state index contributed by atoms with van der Waals surface area (Å²) in [5.41, 5.74) is 0. The minimum atomic E-state index is -0.749. The Bertz CT molecular complexity index is 518. The molecule has 0 aromatic rings. The van der Waals surface area contributed by atoms with Crippen LogP contribution < -0.4 is 0 Å². The third-order valence-electron chi connectivity index (χ3n) is 5.26. The number of carboxylic acid groups (broad SMARTS) is 1. The van der Waals surface area contributed by atoms with E-state index in [0.717, 1.165) is 19.3 Å². The van der Waals surface area contributed by atoms with Gasteiger partial charge in [0.1, 0.15) is 0 Å². The van der Waals surface area contributed by atoms with Gasteiger partial charge in [0.05, 0.1) is 24.4 Å². The lowest BCUT2D eigenvalue weighted by atomic mass is 9.89. The Kier molecular flexibility index (Phi) is 7.95. The van der Waals surface area contributed by atoms with E-state index in [9.17, 15) is 15.0 Å². The summed E-state index contributed by atoms with van der Waals surface area (Å²) in [7, 11) is 0. The minimum Gasteiger partial charge on any atom is -0.481 e. The monoisotopic (exact) mass is 350 g/mol. The van der Waals surface area contributed by atoms with Crippen LogP contribution in [0.4, 0.5) is 0 Å². The predicted molar refractivity (Wildman–Crippen MR) is 94.8 cm³/mol. The van der Waals surface area contributed by atoms with Crippen LogP contribution in [0.25, 0.3) is 0 Å². The number of carboxylic acids is 1. The van der Waals surface area contributed by atoms with E-state index in [4.69, 9.17) is 9.84 Å². The van der Waals surface area contributed by atoms with Gasteiger partial charge in [0.25, 0.3) is 0 Å². The molecule has 2 rings (SSSR count). The van der Waals surface area contributed by atoms with Gasteiger partial charge in [-0.1, -0.05) is 18.6 Å². The van der Waals surface area contributed by atoms with E-state index in [1.807, 2.05) is 6.08 Å². The van der Waals surface area contributed by atoms with E-state index in [1.54, 1.807) is 13.0 Å². The molecule has 5 heteroatoms. The molecule has 1 heterocycles. The summed E-state index contributed by atoms with van der Waals surface area (Å²) in [6, 6.07) is 0. The van der Waals surface area contributed by atoms with E-state index in [-0.39, 0.29) is 24.5 Å². The van der Waals surface area contributed by atoms with Crippen molar-refractivity contribution in [2.75, 3.05) is 0 Å². The van der Waals surface area contributed by atoms with E-state index in [2.05, 4.69) is 11.8 Å². The fraction of sp³-hybridized carbons (Fsp3) is 0.750. The lowest BCUT2D eigenvalue weighted by molar-refractivity contribution is -0.137. The minimum absolute atomic E-state index is 0.0286. The van der Waals surface area contributed by atoms with Crippen molar-refractivity contribution in [3.8, 4) is 11.8 Å². The van der Waals surface area contributed by atoms with Crippen molar-refractivity contribution in [3.63, 3.8) is 0 Å². The Morgan fingerprint density at radius 3 is 2.88 bits per heavy atom. The van der Waals surface area contributed by atoms with Crippen molar-refractivity contribution in [1.29, 1.82) is 0 Å². The number of aliphatic hydroxyl groups is 2. The van der Waals surface area contributed by atoms with Gasteiger partial charge in [-0.15, -0.1) is 11.8 Å². The summed E-state index contributed by atoms with van der Waals surface area (Å²) in [5.74, 6) is 5.32. The molecule has 0 spiro atoms. The summed E-state index contributed by atoms with van der Waals surface area (Å²) in [6.45, 7) is 1.79. The van der Waals surface area contributed by atoms with E-state index in [1.165, 1.54) is 0 Å². The van der Waals surface area contributed by atoms with Crippen LogP contribution in [-0.4, -0.2) is 45.7 Å². The topological polar surface area (TPSA) is 87.0 Å². The van der Waals surface area contributed by atoms with Crippen LogP contribution in [-0.2, 0) is 9.53 Å². The highest BCUT2D eigenvalue weighted by Gasteiger charge is 2.47. The number of aliphatic carboxylic acids is 1. The fourth-order valence-electron chi connectivity index (χ4n) is 3.98. The molecule has 1 saturated carbocycles. The van der Waals surface area contributed by atoms with Gasteiger partial charge < -0.3 is 20.1 Å². The second-order valence-electron chi connectivity index (χ2n) is 7.13. The molecule has 140 valence electrons. The number of aliphatic hydroxyl groups excluding tert-OH is 2. The molecule has 2 fully saturated rings. The van der Waals surface area contributed by atoms with Crippen LogP contribution in [0.5, 0.6) is 0 Å². The van der Waals surface area contributed by atoms with Gasteiger partial charge in [-0.3, -0.25) is 4.79 Å². The highest BCUT2D eigenvalue weighted by molar-refractivity contribution is 5.66. The third-order valence-corrected chi connectivity index (χ3v) is 5.26. The van der Waals surface area contributed by atoms with Crippen molar-refractivity contribution in [1.82, 2.24) is 0 Å². The first kappa shape index (κ1) is 20.0. The number of carbonyl (C=O) groups is 1. The Morgan fingerprint density at radius 1 is 1.36 bits per heavy atom. The molecule has 2 aliphatic rings. The van der Waals surface area contributed by atoms with Gasteiger partial charge in [-0.25, -0.2) is 0 Å². The molecule has 0 bridgehead atoms. The maximum atomic E-state index is 10.5. The standard InChI is InChI=1S/C20H30O5/c1-2-3-4-7-14(21)10-11-16-17-12-15(8-5-6-9-20(23)24)25-19(17)13-18(16)22/h10-11,14-19,21-22H,4-9,12-13H2,1H3,(H,23,24)/b11-10+/t14-,15+,16+,17+,18?,19-/m0/s1. The molecule has 1 aliphatic heterocycles. The van der Waals surface area contributed by atoms with Crippen LogP contribution in [0.15, 0.2) is 12.2 Å². The quantitative estimate of drug-likeness (QED) is 0.338. The number of fused-ring (bicyclic) bond motifs is 1. The highest BCUT2D eigenvalue weighted by Crippen LogP contribution is 2.45. The van der Waals surface area contributed by atoms with Gasteiger partial charge >= 0.3 is 5.97 Å². The van der Waals surface area contributed by atoms with Gasteiger partial charge in [-0.05, 0) is 38.5 Å². The van der Waals surface area contributed by atoms with Crippen molar-refractivity contribution in [2.45, 2.75) is 82.7 Å². The van der Waals surface area contributed by atoms with Crippen molar-refractivity contribution in [2.24, 2.45) is 11.8 Å². The maximum absolute atomic E-state index is 10.5. The molecule has 1 saturated heterocycles. The zero-order chi connectivity index (χ0) is 18.2. The summed E-state index contributed by atoms with van der Waals surface area (Å²) in [5, 5.41) is 28.9. The fourth-order valence-corrected chi connectivity index (χ4v) is 3.98. The first-order valence-electron chi connectivity index (χ1n) is 9.32. The molecule has 5 nitrogen and oxygen atoms in total. The van der Waals surface area contributed by atoms with Crippen LogP contribution >= 0.6 is 0 Å². The number of hydrogen-bond donors (Lipinski definition) is 3. The average molecular weight is 350 g/mol. The predicted octanol–water partition coefficient (Wildman–Crippen LogP) is 2.51. The summed E-state index contributed by atoms with van der Waals surface area (Å²) in [6.07, 6.45) is 8.50. The van der Waals surface area contributed by atoms with E-state index >= 15 is 0 Å². The van der Waals surface area contributed by atoms with Gasteiger partial charge in [0, 0.05) is 25.2 Å². The summed E-state index contributed by atoms with van der Waals surface area (Å²) >= 11 is 0. The van der Waals surface area contributed by atoms with E-state index in [0.29, 0.717) is 31.6 Å². The van der Waals surface area contributed by atoms with Crippen LogP contribution in [0.3, 0.4) is 0 Å². The molecule has 0 radical (unpaired) electrons. The highest BCUT2D eigenvalue weighted by atomic mass is 16.5. The van der Waals surface area contributed by atoms with Crippen molar-refractivity contribution in [3.05, 3.63) is 12.2 Å². The van der Waals surface area contributed by atoms with Crippen molar-refractivity contribution < 1.29 is 24.9 Å². The second kappa shape index (κ2) is 9.96. The molecule has 0 amide bonds. The molecule has 1 unspecified atom stereocenters. The maximum Gasteiger partial charge on any atom is 0.303 e. The molecule has 3 N–H and O–H groups in total. The van der Waals surface area contributed by atoms with Gasteiger partial charge in [0.15, 0.2) is 0 Å². The Morgan fingerprint density at radius 2 is 2.16 bits per heavy atom. The molecule has 6 atom stereocenters. The van der Waals surface area contributed by atoms with Crippen LogP contribution in [0.1, 0.15) is 58.3 Å². The lowest BCUT2D eigenvalue weighted by Crippen LogP contribution is -2.19. The van der Waals surface area contributed by atoms with Crippen LogP contribution in [0, 0.1) is 23.7 Å². The molecule has 0 aromatic heterocycles. The van der Waals surface area contributed by atoms with Crippen LogP contribution in [0.2, 0.25) is 0 Å². The average Bonchev–Trinajstić information content (AvgIpc) is 3.06. The first-order valence-corrected chi connectivity index (χ1v) is 9.32. The molecular formula is C20H30O5. The Labute approximate surface area is 150 Å². The molecule has 25 heavy (non-hydrogen) atoms. The normalized spacial score (nSPS) is 32.4. The smallest absolute Gasteiger partial charge is 0.303 e. The largest absolute Gasteiger partial charge is 0.481 e. The van der Waals surface area contributed by atoms with Gasteiger partial charge in [0.2, 0.25) is 0 Å². The zero-order valence-electron chi connectivity index (χ0n) is 14.9. The second-order valence-corrected chi connectivity index (χ2v) is 7.13. The SMILES string of the molecule is CC#CCC[C@H](O)/C=C/[C@H]1C(O)C[C@@H]2O[C@H](CCCCC(=O)O)C[C@@H]21. The zero-order valence-corrected chi connectivity index (χ0v) is 14.9. The summed E-state index contributed by atoms with van der Waals surface area (Å²) < 4.78 is 6.06.